The molecule has 138 valence electrons. The summed E-state index contributed by atoms with van der Waals surface area (Å²) in [5.74, 6) is 1.66. The first-order valence-corrected chi connectivity index (χ1v) is 10.0. The van der Waals surface area contributed by atoms with E-state index < -0.39 is 0 Å². The standard InChI is InChI=1S/C19H20N6OS/c20-19-21-16-13(7-4-8-14(16)27-19)18(26)24-9-10-25-15(11-24)22-23-17(25)12-5-2-1-3-6-12/h1-3,5-6,13H,4,7-11H2,(H2,20,21). The quantitative estimate of drug-likeness (QED) is 0.737. The zero-order chi connectivity index (χ0) is 18.4. The van der Waals surface area contributed by atoms with E-state index in [9.17, 15) is 4.79 Å². The van der Waals surface area contributed by atoms with Gasteiger partial charge in [-0.2, -0.15) is 0 Å². The van der Waals surface area contributed by atoms with Crippen LogP contribution in [0.2, 0.25) is 0 Å². The predicted octanol–water partition coefficient (Wildman–Crippen LogP) is 2.45. The number of fused-ring (bicyclic) bond motifs is 2. The number of thiazole rings is 1. The van der Waals surface area contributed by atoms with Crippen molar-refractivity contribution in [3.05, 3.63) is 46.7 Å². The van der Waals surface area contributed by atoms with Crippen LogP contribution in [0.25, 0.3) is 11.4 Å². The van der Waals surface area contributed by atoms with Crippen LogP contribution in [0, 0.1) is 0 Å². The van der Waals surface area contributed by atoms with Gasteiger partial charge in [0.15, 0.2) is 16.8 Å². The Balaban J connectivity index is 1.39. The molecule has 3 aromatic rings. The summed E-state index contributed by atoms with van der Waals surface area (Å²) in [5, 5.41) is 9.27. The van der Waals surface area contributed by atoms with Crippen LogP contribution in [-0.4, -0.2) is 37.1 Å². The SMILES string of the molecule is Nc1nc2c(s1)CCCC2C(=O)N1CCn2c(nnc2-c2ccccc2)C1. The number of nitrogens with two attached hydrogens (primary N) is 1. The third-order valence-corrected chi connectivity index (χ3v) is 6.33. The van der Waals surface area contributed by atoms with E-state index in [4.69, 9.17) is 5.73 Å². The Kier molecular flexibility index (Phi) is 3.93. The highest BCUT2D eigenvalue weighted by Crippen LogP contribution is 2.37. The Morgan fingerprint density at radius 1 is 1.19 bits per heavy atom. The molecule has 0 radical (unpaired) electrons. The van der Waals surface area contributed by atoms with Crippen molar-refractivity contribution in [3.63, 3.8) is 0 Å². The van der Waals surface area contributed by atoms with Crippen LogP contribution in [0.5, 0.6) is 0 Å². The number of anilines is 1. The number of aromatic nitrogens is 4. The molecule has 1 amide bonds. The number of nitrogen functional groups attached to an aromatic ring is 1. The van der Waals surface area contributed by atoms with Crippen LogP contribution in [0.1, 0.15) is 35.2 Å². The normalized spacial score (nSPS) is 18.8. The second-order valence-electron chi connectivity index (χ2n) is 7.02. The van der Waals surface area contributed by atoms with Gasteiger partial charge in [-0.3, -0.25) is 4.79 Å². The molecule has 2 aromatic heterocycles. The number of benzene rings is 1. The molecule has 0 spiro atoms. The second kappa shape index (κ2) is 6.45. The molecule has 1 atom stereocenters. The number of amides is 1. The van der Waals surface area contributed by atoms with Gasteiger partial charge in [0.2, 0.25) is 5.91 Å². The minimum Gasteiger partial charge on any atom is -0.375 e. The Bertz CT molecular complexity index is 995. The molecule has 0 saturated carbocycles. The lowest BCUT2D eigenvalue weighted by Crippen LogP contribution is -2.41. The summed E-state index contributed by atoms with van der Waals surface area (Å²) in [4.78, 5) is 20.7. The Morgan fingerprint density at radius 2 is 2.04 bits per heavy atom. The molecule has 0 fully saturated rings. The van der Waals surface area contributed by atoms with E-state index in [1.54, 1.807) is 0 Å². The monoisotopic (exact) mass is 380 g/mol. The average Bonchev–Trinajstić information content (AvgIpc) is 3.29. The van der Waals surface area contributed by atoms with Crippen molar-refractivity contribution in [2.45, 2.75) is 38.3 Å². The van der Waals surface area contributed by atoms with Crippen molar-refractivity contribution in [1.82, 2.24) is 24.6 Å². The molecule has 1 aliphatic carbocycles. The second-order valence-corrected chi connectivity index (χ2v) is 8.14. The van der Waals surface area contributed by atoms with E-state index in [1.807, 2.05) is 35.2 Å². The zero-order valence-electron chi connectivity index (χ0n) is 14.8. The fraction of sp³-hybridized carbons (Fsp3) is 0.368. The van der Waals surface area contributed by atoms with Crippen molar-refractivity contribution in [1.29, 1.82) is 0 Å². The summed E-state index contributed by atoms with van der Waals surface area (Å²) in [5.41, 5.74) is 7.82. The number of rotatable bonds is 2. The summed E-state index contributed by atoms with van der Waals surface area (Å²) in [6, 6.07) is 10.0. The maximum Gasteiger partial charge on any atom is 0.232 e. The minimum atomic E-state index is -0.176. The smallest absolute Gasteiger partial charge is 0.232 e. The van der Waals surface area contributed by atoms with Crippen molar-refractivity contribution in [3.8, 4) is 11.4 Å². The van der Waals surface area contributed by atoms with Crippen LogP contribution < -0.4 is 5.73 Å². The molecule has 1 unspecified atom stereocenters. The zero-order valence-corrected chi connectivity index (χ0v) is 15.7. The number of carbonyl (C=O) groups is 1. The third-order valence-electron chi connectivity index (χ3n) is 5.37. The average molecular weight is 380 g/mol. The maximum absolute atomic E-state index is 13.2. The van der Waals surface area contributed by atoms with E-state index in [0.29, 0.717) is 24.8 Å². The molecule has 8 heteroatoms. The summed E-state index contributed by atoms with van der Waals surface area (Å²) >= 11 is 1.52. The van der Waals surface area contributed by atoms with Gasteiger partial charge in [-0.05, 0) is 19.3 Å². The Hall–Kier alpha value is -2.74. The van der Waals surface area contributed by atoms with Crippen molar-refractivity contribution < 1.29 is 4.79 Å². The molecule has 0 saturated heterocycles. The minimum absolute atomic E-state index is 0.136. The number of hydrogen-bond donors (Lipinski definition) is 1. The molecule has 2 aliphatic rings. The van der Waals surface area contributed by atoms with E-state index in [-0.39, 0.29) is 11.8 Å². The van der Waals surface area contributed by atoms with Crippen LogP contribution in [0.3, 0.4) is 0 Å². The van der Waals surface area contributed by atoms with Crippen molar-refractivity contribution in [2.75, 3.05) is 12.3 Å². The van der Waals surface area contributed by atoms with Crippen molar-refractivity contribution >= 4 is 22.4 Å². The van der Waals surface area contributed by atoms with Gasteiger partial charge in [0.1, 0.15) is 0 Å². The first-order chi connectivity index (χ1) is 13.2. The van der Waals surface area contributed by atoms with E-state index in [1.165, 1.54) is 16.2 Å². The maximum atomic E-state index is 13.2. The summed E-state index contributed by atoms with van der Waals surface area (Å²) in [7, 11) is 0. The molecule has 27 heavy (non-hydrogen) atoms. The topological polar surface area (TPSA) is 89.9 Å². The van der Waals surface area contributed by atoms with E-state index in [0.717, 1.165) is 42.2 Å². The van der Waals surface area contributed by atoms with Crippen LogP contribution in [0.15, 0.2) is 30.3 Å². The highest BCUT2D eigenvalue weighted by Gasteiger charge is 2.35. The van der Waals surface area contributed by atoms with Crippen LogP contribution in [-0.2, 0) is 24.3 Å². The third kappa shape index (κ3) is 2.80. The first-order valence-electron chi connectivity index (χ1n) is 9.22. The molecule has 0 bridgehead atoms. The molecule has 3 heterocycles. The lowest BCUT2D eigenvalue weighted by Gasteiger charge is -2.32. The van der Waals surface area contributed by atoms with Gasteiger partial charge in [0, 0.05) is 23.5 Å². The predicted molar refractivity (Wildman–Crippen MR) is 103 cm³/mol. The summed E-state index contributed by atoms with van der Waals surface area (Å²) < 4.78 is 2.12. The molecular weight excluding hydrogens is 360 g/mol. The summed E-state index contributed by atoms with van der Waals surface area (Å²) in [6.07, 6.45) is 2.82. The number of hydrogen-bond acceptors (Lipinski definition) is 6. The van der Waals surface area contributed by atoms with Gasteiger partial charge in [-0.15, -0.1) is 21.5 Å². The molecule has 5 rings (SSSR count). The highest BCUT2D eigenvalue weighted by molar-refractivity contribution is 7.15. The van der Waals surface area contributed by atoms with Crippen LogP contribution in [0.4, 0.5) is 5.13 Å². The van der Waals surface area contributed by atoms with Gasteiger partial charge in [0.05, 0.1) is 18.2 Å². The van der Waals surface area contributed by atoms with Gasteiger partial charge < -0.3 is 15.2 Å². The lowest BCUT2D eigenvalue weighted by molar-refractivity contribution is -0.134. The fourth-order valence-corrected chi connectivity index (χ4v) is 4.98. The van der Waals surface area contributed by atoms with Crippen molar-refractivity contribution in [2.24, 2.45) is 0 Å². The number of aryl methyl sites for hydroxylation is 1. The lowest BCUT2D eigenvalue weighted by atomic mass is 9.89. The van der Waals surface area contributed by atoms with E-state index in [2.05, 4.69) is 19.7 Å². The van der Waals surface area contributed by atoms with Gasteiger partial charge in [-0.25, -0.2) is 4.98 Å². The highest BCUT2D eigenvalue weighted by atomic mass is 32.1. The molecular formula is C19H20N6OS. The molecule has 1 aliphatic heterocycles. The van der Waals surface area contributed by atoms with Gasteiger partial charge in [0.25, 0.3) is 0 Å². The molecule has 2 N–H and O–H groups in total. The fourth-order valence-electron chi connectivity index (χ4n) is 4.04. The first kappa shape index (κ1) is 16.4. The summed E-state index contributed by atoms with van der Waals surface area (Å²) in [6.45, 7) is 1.86. The van der Waals surface area contributed by atoms with Crippen LogP contribution >= 0.6 is 11.3 Å². The largest absolute Gasteiger partial charge is 0.375 e. The van der Waals surface area contributed by atoms with E-state index >= 15 is 0 Å². The molecule has 1 aromatic carbocycles. The Labute approximate surface area is 160 Å². The van der Waals surface area contributed by atoms with Gasteiger partial charge in [-0.1, -0.05) is 30.3 Å². The molecule has 7 nitrogen and oxygen atoms in total. The van der Waals surface area contributed by atoms with Gasteiger partial charge >= 0.3 is 0 Å². The Morgan fingerprint density at radius 3 is 2.89 bits per heavy atom. The number of carbonyl (C=O) groups excluding carboxylic acids is 1. The number of nitrogens with zero attached hydrogens (tertiary/aromatic N) is 5.